The van der Waals surface area contributed by atoms with Crippen LogP contribution in [0.2, 0.25) is 5.02 Å². The van der Waals surface area contributed by atoms with Crippen LogP contribution in [-0.2, 0) is 14.8 Å². The first-order valence-corrected chi connectivity index (χ1v) is 12.6. The van der Waals surface area contributed by atoms with Gasteiger partial charge in [-0.25, -0.2) is 8.42 Å². The van der Waals surface area contributed by atoms with E-state index in [1.807, 2.05) is 0 Å². The smallest absolute Gasteiger partial charge is 0.264 e. The minimum atomic E-state index is -4.07. The Hall–Kier alpha value is -3.47. The Morgan fingerprint density at radius 2 is 1.68 bits per heavy atom. The highest BCUT2D eigenvalue weighted by atomic mass is 35.5. The van der Waals surface area contributed by atoms with Crippen molar-refractivity contribution in [3.8, 4) is 16.3 Å². The summed E-state index contributed by atoms with van der Waals surface area (Å²) in [5.74, 6) is -0.264. The van der Waals surface area contributed by atoms with Gasteiger partial charge in [0.15, 0.2) is 0 Å². The van der Waals surface area contributed by atoms with Gasteiger partial charge >= 0.3 is 0 Å². The fourth-order valence-electron chi connectivity index (χ4n) is 3.13. The number of sulfonamides is 1. The standard InChI is InChI=1S/C23H19ClN4O4S2/c1-32-20-10-6-5-9-19(20)28(34(30,31)18-7-3-2-4-8-18)15-21(29)25-23-27-26-22(33-23)16-11-13-17(24)14-12-16/h2-14H,15H2,1H3,(H,25,27,29). The van der Waals surface area contributed by atoms with Crippen LogP contribution >= 0.6 is 22.9 Å². The second-order valence-electron chi connectivity index (χ2n) is 6.96. The van der Waals surface area contributed by atoms with E-state index in [0.29, 0.717) is 15.8 Å². The summed E-state index contributed by atoms with van der Waals surface area (Å²) >= 11 is 7.09. The zero-order valence-electron chi connectivity index (χ0n) is 17.9. The van der Waals surface area contributed by atoms with Crippen molar-refractivity contribution in [1.29, 1.82) is 0 Å². The molecule has 4 rings (SSSR count). The first kappa shape index (κ1) is 23.7. The molecule has 0 fully saturated rings. The predicted octanol–water partition coefficient (Wildman–Crippen LogP) is 4.70. The normalized spacial score (nSPS) is 11.1. The number of anilines is 2. The summed E-state index contributed by atoms with van der Waals surface area (Å²) < 4.78 is 33.3. The maximum Gasteiger partial charge on any atom is 0.264 e. The van der Waals surface area contributed by atoms with Crippen molar-refractivity contribution in [2.45, 2.75) is 4.90 Å². The topological polar surface area (TPSA) is 101 Å². The molecule has 0 saturated heterocycles. The molecule has 4 aromatic rings. The van der Waals surface area contributed by atoms with Crippen LogP contribution in [-0.4, -0.2) is 38.2 Å². The van der Waals surface area contributed by atoms with E-state index < -0.39 is 22.5 Å². The molecule has 0 bridgehead atoms. The molecule has 1 heterocycles. The number of carbonyl (C=O) groups excluding carboxylic acids is 1. The van der Waals surface area contributed by atoms with Crippen molar-refractivity contribution in [2.75, 3.05) is 23.3 Å². The summed E-state index contributed by atoms with van der Waals surface area (Å²) in [6, 6.07) is 21.5. The molecule has 174 valence electrons. The third kappa shape index (κ3) is 5.19. The maximum absolute atomic E-state index is 13.5. The van der Waals surface area contributed by atoms with Crippen LogP contribution in [0.5, 0.6) is 5.75 Å². The van der Waals surface area contributed by atoms with Crippen molar-refractivity contribution in [3.63, 3.8) is 0 Å². The molecule has 0 spiro atoms. The van der Waals surface area contributed by atoms with Crippen LogP contribution in [0.15, 0.2) is 83.8 Å². The summed E-state index contributed by atoms with van der Waals surface area (Å²) in [6.07, 6.45) is 0. The second kappa shape index (κ2) is 10.2. The fraction of sp³-hybridized carbons (Fsp3) is 0.0870. The number of hydrogen-bond donors (Lipinski definition) is 1. The van der Waals surface area contributed by atoms with Gasteiger partial charge in [0, 0.05) is 10.6 Å². The molecule has 0 aliphatic rings. The van der Waals surface area contributed by atoms with Crippen LogP contribution in [0, 0.1) is 0 Å². The number of ether oxygens (including phenoxy) is 1. The molecule has 0 saturated carbocycles. The summed E-state index contributed by atoms with van der Waals surface area (Å²) in [5.41, 5.74) is 1.04. The summed E-state index contributed by atoms with van der Waals surface area (Å²) in [5, 5.41) is 12.2. The lowest BCUT2D eigenvalue weighted by Crippen LogP contribution is -2.38. The van der Waals surface area contributed by atoms with Crippen LogP contribution in [0.25, 0.3) is 10.6 Å². The van der Waals surface area contributed by atoms with Gasteiger partial charge in [0.1, 0.15) is 17.3 Å². The van der Waals surface area contributed by atoms with Gasteiger partial charge in [-0.15, -0.1) is 10.2 Å². The zero-order chi connectivity index (χ0) is 24.1. The average Bonchev–Trinajstić information content (AvgIpc) is 3.31. The van der Waals surface area contributed by atoms with Crippen molar-refractivity contribution >= 4 is 49.7 Å². The van der Waals surface area contributed by atoms with Crippen LogP contribution < -0.4 is 14.4 Å². The quantitative estimate of drug-likeness (QED) is 0.365. The Labute approximate surface area is 205 Å². The SMILES string of the molecule is COc1ccccc1N(CC(=O)Nc1nnc(-c2ccc(Cl)cc2)s1)S(=O)(=O)c1ccccc1. The van der Waals surface area contributed by atoms with E-state index >= 15 is 0 Å². The van der Waals surface area contributed by atoms with Gasteiger partial charge in [0.2, 0.25) is 11.0 Å². The number of rotatable bonds is 8. The number of para-hydroxylation sites is 2. The van der Waals surface area contributed by atoms with Crippen LogP contribution in [0.3, 0.4) is 0 Å². The third-order valence-corrected chi connectivity index (χ3v) is 7.65. The monoisotopic (exact) mass is 514 g/mol. The van der Waals surface area contributed by atoms with Crippen molar-refractivity contribution in [2.24, 2.45) is 0 Å². The molecule has 0 unspecified atom stereocenters. The minimum absolute atomic E-state index is 0.0506. The molecule has 1 amide bonds. The van der Waals surface area contributed by atoms with E-state index in [1.54, 1.807) is 66.7 Å². The number of benzene rings is 3. The number of hydrogen-bond acceptors (Lipinski definition) is 7. The van der Waals surface area contributed by atoms with E-state index in [4.69, 9.17) is 16.3 Å². The van der Waals surface area contributed by atoms with E-state index in [-0.39, 0.29) is 15.7 Å². The number of methoxy groups -OCH3 is 1. The van der Waals surface area contributed by atoms with Crippen LogP contribution in [0.4, 0.5) is 10.8 Å². The summed E-state index contributed by atoms with van der Waals surface area (Å²) in [6.45, 7) is -0.493. The molecule has 0 aliphatic heterocycles. The molecule has 0 aliphatic carbocycles. The lowest BCUT2D eigenvalue weighted by atomic mass is 10.2. The van der Waals surface area contributed by atoms with Gasteiger partial charge in [-0.2, -0.15) is 0 Å². The second-order valence-corrected chi connectivity index (χ2v) is 10.2. The van der Waals surface area contributed by atoms with E-state index in [9.17, 15) is 13.2 Å². The Morgan fingerprint density at radius 1 is 1.00 bits per heavy atom. The largest absolute Gasteiger partial charge is 0.495 e. The molecule has 11 heteroatoms. The summed E-state index contributed by atoms with van der Waals surface area (Å²) in [4.78, 5) is 13.0. The third-order valence-electron chi connectivity index (χ3n) is 4.73. The van der Waals surface area contributed by atoms with Gasteiger partial charge in [-0.3, -0.25) is 14.4 Å². The molecule has 0 atom stereocenters. The van der Waals surface area contributed by atoms with Gasteiger partial charge in [-0.1, -0.05) is 65.4 Å². The molecular weight excluding hydrogens is 496 g/mol. The van der Waals surface area contributed by atoms with E-state index in [0.717, 1.165) is 21.2 Å². The molecular formula is C23H19ClN4O4S2. The first-order valence-electron chi connectivity index (χ1n) is 9.98. The van der Waals surface area contributed by atoms with Crippen molar-refractivity contribution in [3.05, 3.63) is 83.9 Å². The molecule has 8 nitrogen and oxygen atoms in total. The summed E-state index contributed by atoms with van der Waals surface area (Å²) in [7, 11) is -2.63. The Morgan fingerprint density at radius 3 is 2.38 bits per heavy atom. The highest BCUT2D eigenvalue weighted by Crippen LogP contribution is 2.32. The molecule has 0 radical (unpaired) electrons. The van der Waals surface area contributed by atoms with Crippen molar-refractivity contribution in [1.82, 2.24) is 10.2 Å². The number of aromatic nitrogens is 2. The Kier molecular flexibility index (Phi) is 7.11. The van der Waals surface area contributed by atoms with E-state index in [1.165, 1.54) is 19.2 Å². The molecule has 3 aromatic carbocycles. The lowest BCUT2D eigenvalue weighted by Gasteiger charge is -2.25. The fourth-order valence-corrected chi connectivity index (χ4v) is 5.47. The molecule has 34 heavy (non-hydrogen) atoms. The minimum Gasteiger partial charge on any atom is -0.495 e. The number of amides is 1. The highest BCUT2D eigenvalue weighted by molar-refractivity contribution is 7.92. The molecule has 1 N–H and O–H groups in total. The van der Waals surface area contributed by atoms with Gasteiger partial charge in [-0.05, 0) is 36.4 Å². The number of nitrogens with zero attached hydrogens (tertiary/aromatic N) is 3. The van der Waals surface area contributed by atoms with Gasteiger partial charge in [0.05, 0.1) is 17.7 Å². The van der Waals surface area contributed by atoms with E-state index in [2.05, 4.69) is 15.5 Å². The van der Waals surface area contributed by atoms with Gasteiger partial charge < -0.3 is 4.74 Å². The first-order chi connectivity index (χ1) is 16.4. The van der Waals surface area contributed by atoms with Crippen molar-refractivity contribution < 1.29 is 17.9 Å². The molecule has 1 aromatic heterocycles. The Bertz CT molecular complexity index is 1390. The van der Waals surface area contributed by atoms with Crippen LogP contribution in [0.1, 0.15) is 0 Å². The number of halogens is 1. The van der Waals surface area contributed by atoms with Gasteiger partial charge in [0.25, 0.3) is 10.0 Å². The lowest BCUT2D eigenvalue weighted by molar-refractivity contribution is -0.114. The zero-order valence-corrected chi connectivity index (χ0v) is 20.3. The Balaban J connectivity index is 1.61. The number of carbonyl (C=O) groups is 1. The predicted molar refractivity (Wildman–Crippen MR) is 133 cm³/mol. The maximum atomic E-state index is 13.5. The average molecular weight is 515 g/mol. The highest BCUT2D eigenvalue weighted by Gasteiger charge is 2.29. The number of nitrogens with one attached hydrogen (secondary N) is 1.